The highest BCUT2D eigenvalue weighted by Crippen LogP contribution is 2.22. The van der Waals surface area contributed by atoms with Crippen molar-refractivity contribution in [2.45, 2.75) is 12.6 Å². The molecule has 2 heterocycles. The van der Waals surface area contributed by atoms with Gasteiger partial charge in [-0.05, 0) is 22.0 Å². The molecule has 2 rings (SSSR count). The monoisotopic (exact) mass is 304 g/mol. The number of morpholine rings is 1. The Kier molecular flexibility index (Phi) is 3.96. The molecule has 1 aliphatic rings. The molecule has 0 saturated carbocycles. The van der Waals surface area contributed by atoms with Gasteiger partial charge >= 0.3 is 0 Å². The molecule has 1 amide bonds. The highest BCUT2D eigenvalue weighted by Gasteiger charge is 2.25. The lowest BCUT2D eigenvalue weighted by Crippen LogP contribution is -2.48. The van der Waals surface area contributed by atoms with Crippen LogP contribution in [0.2, 0.25) is 0 Å². The predicted molar refractivity (Wildman–Crippen MR) is 66.2 cm³/mol. The summed E-state index contributed by atoms with van der Waals surface area (Å²) < 4.78 is 6.35. The summed E-state index contributed by atoms with van der Waals surface area (Å²) in [4.78, 5) is 14.6. The van der Waals surface area contributed by atoms with Gasteiger partial charge in [-0.25, -0.2) is 0 Å². The molecular weight excluding hydrogens is 292 g/mol. The molecule has 2 N–H and O–H groups in total. The maximum atomic E-state index is 11.6. The number of ether oxygens (including phenoxy) is 1. The molecule has 1 unspecified atom stereocenters. The Morgan fingerprint density at radius 3 is 3.12 bits per heavy atom. The van der Waals surface area contributed by atoms with Crippen LogP contribution >= 0.6 is 27.3 Å². The maximum absolute atomic E-state index is 11.6. The number of nitrogens with zero attached hydrogens (tertiary/aromatic N) is 1. The average molecular weight is 305 g/mol. The Balaban J connectivity index is 1.99. The number of halogens is 1. The van der Waals surface area contributed by atoms with E-state index in [0.717, 1.165) is 9.35 Å². The SMILES string of the molecule is NCC1CN(Cc2cc(Br)cs2)C(=O)CO1. The summed E-state index contributed by atoms with van der Waals surface area (Å²) in [7, 11) is 0. The van der Waals surface area contributed by atoms with E-state index in [1.54, 1.807) is 16.2 Å². The fraction of sp³-hybridized carbons (Fsp3) is 0.500. The van der Waals surface area contributed by atoms with E-state index in [-0.39, 0.29) is 18.6 Å². The third-order valence-electron chi connectivity index (χ3n) is 2.45. The first-order valence-electron chi connectivity index (χ1n) is 5.01. The van der Waals surface area contributed by atoms with Crippen LogP contribution in [0.25, 0.3) is 0 Å². The van der Waals surface area contributed by atoms with Crippen LogP contribution in [0, 0.1) is 0 Å². The Morgan fingerprint density at radius 1 is 1.69 bits per heavy atom. The highest BCUT2D eigenvalue weighted by atomic mass is 79.9. The summed E-state index contributed by atoms with van der Waals surface area (Å²) in [6, 6.07) is 2.03. The zero-order valence-corrected chi connectivity index (χ0v) is 11.1. The molecule has 0 radical (unpaired) electrons. The van der Waals surface area contributed by atoms with Gasteiger partial charge in [0.1, 0.15) is 6.61 Å². The fourth-order valence-electron chi connectivity index (χ4n) is 1.60. The van der Waals surface area contributed by atoms with Crippen molar-refractivity contribution in [2.24, 2.45) is 5.73 Å². The number of carbonyl (C=O) groups is 1. The lowest BCUT2D eigenvalue weighted by Gasteiger charge is -2.31. The smallest absolute Gasteiger partial charge is 0.249 e. The van der Waals surface area contributed by atoms with Gasteiger partial charge in [0, 0.05) is 27.8 Å². The van der Waals surface area contributed by atoms with Crippen LogP contribution in [-0.4, -0.2) is 36.6 Å². The first-order chi connectivity index (χ1) is 7.69. The molecule has 0 bridgehead atoms. The Bertz CT molecular complexity index is 383. The zero-order chi connectivity index (χ0) is 11.5. The van der Waals surface area contributed by atoms with Crippen molar-refractivity contribution in [2.75, 3.05) is 19.7 Å². The standard InChI is InChI=1S/C10H13BrN2O2S/c11-7-1-9(16-6-7)4-13-3-8(2-12)15-5-10(13)14/h1,6,8H,2-5,12H2. The molecule has 0 aromatic carbocycles. The lowest BCUT2D eigenvalue weighted by atomic mass is 10.2. The molecule has 1 atom stereocenters. The maximum Gasteiger partial charge on any atom is 0.249 e. The number of hydrogen-bond acceptors (Lipinski definition) is 4. The van der Waals surface area contributed by atoms with Gasteiger partial charge in [-0.3, -0.25) is 4.79 Å². The quantitative estimate of drug-likeness (QED) is 0.913. The van der Waals surface area contributed by atoms with Gasteiger partial charge in [-0.1, -0.05) is 0 Å². The van der Waals surface area contributed by atoms with Gasteiger partial charge in [-0.2, -0.15) is 0 Å². The second-order valence-corrected chi connectivity index (χ2v) is 5.59. The number of amides is 1. The van der Waals surface area contributed by atoms with Crippen LogP contribution in [0.5, 0.6) is 0 Å². The van der Waals surface area contributed by atoms with Crippen molar-refractivity contribution in [3.63, 3.8) is 0 Å². The third-order valence-corrected chi connectivity index (χ3v) is 4.13. The summed E-state index contributed by atoms with van der Waals surface area (Å²) in [5.41, 5.74) is 5.54. The molecule has 6 heteroatoms. The molecule has 1 aliphatic heterocycles. The van der Waals surface area contributed by atoms with Gasteiger partial charge in [0.25, 0.3) is 0 Å². The minimum absolute atomic E-state index is 0.0268. The predicted octanol–water partition coefficient (Wildman–Crippen LogP) is 1.20. The minimum Gasteiger partial charge on any atom is -0.365 e. The van der Waals surface area contributed by atoms with Crippen LogP contribution in [0.1, 0.15) is 4.88 Å². The van der Waals surface area contributed by atoms with E-state index in [1.165, 1.54) is 0 Å². The summed E-state index contributed by atoms with van der Waals surface area (Å²) in [5.74, 6) is 0.0363. The molecule has 0 spiro atoms. The van der Waals surface area contributed by atoms with Crippen molar-refractivity contribution in [3.05, 3.63) is 20.8 Å². The van der Waals surface area contributed by atoms with Crippen LogP contribution in [-0.2, 0) is 16.1 Å². The number of nitrogens with two attached hydrogens (primary N) is 1. The number of hydrogen-bond donors (Lipinski definition) is 1. The fourth-order valence-corrected chi connectivity index (χ4v) is 3.07. The van der Waals surface area contributed by atoms with E-state index in [4.69, 9.17) is 10.5 Å². The molecule has 4 nitrogen and oxygen atoms in total. The second-order valence-electron chi connectivity index (χ2n) is 3.67. The molecule has 1 aromatic heterocycles. The van der Waals surface area contributed by atoms with Gasteiger partial charge in [0.15, 0.2) is 0 Å². The van der Waals surface area contributed by atoms with Crippen molar-refractivity contribution in [1.82, 2.24) is 4.90 Å². The molecule has 16 heavy (non-hydrogen) atoms. The molecule has 1 aromatic rings. The highest BCUT2D eigenvalue weighted by molar-refractivity contribution is 9.10. The molecule has 88 valence electrons. The summed E-state index contributed by atoms with van der Waals surface area (Å²) in [6.45, 7) is 1.84. The van der Waals surface area contributed by atoms with E-state index >= 15 is 0 Å². The van der Waals surface area contributed by atoms with Crippen molar-refractivity contribution < 1.29 is 9.53 Å². The van der Waals surface area contributed by atoms with Crippen molar-refractivity contribution >= 4 is 33.2 Å². The van der Waals surface area contributed by atoms with E-state index in [1.807, 2.05) is 11.4 Å². The van der Waals surface area contributed by atoms with Gasteiger partial charge in [-0.15, -0.1) is 11.3 Å². The van der Waals surface area contributed by atoms with E-state index < -0.39 is 0 Å². The molecular formula is C10H13BrN2O2S. The first-order valence-corrected chi connectivity index (χ1v) is 6.68. The first kappa shape index (κ1) is 12.0. The number of rotatable bonds is 3. The lowest BCUT2D eigenvalue weighted by molar-refractivity contribution is -0.149. The second kappa shape index (κ2) is 5.27. The number of thiophene rings is 1. The normalized spacial score (nSPS) is 21.5. The minimum atomic E-state index is -0.0268. The topological polar surface area (TPSA) is 55.6 Å². The van der Waals surface area contributed by atoms with E-state index in [0.29, 0.717) is 19.6 Å². The van der Waals surface area contributed by atoms with Crippen molar-refractivity contribution in [1.29, 1.82) is 0 Å². The Morgan fingerprint density at radius 2 is 2.50 bits per heavy atom. The summed E-state index contributed by atoms with van der Waals surface area (Å²) in [6.07, 6.45) is -0.0268. The molecule has 1 fully saturated rings. The van der Waals surface area contributed by atoms with Crippen LogP contribution in [0.3, 0.4) is 0 Å². The largest absolute Gasteiger partial charge is 0.365 e. The summed E-state index contributed by atoms with van der Waals surface area (Å²) in [5, 5.41) is 2.01. The molecule has 0 aliphatic carbocycles. The Hall–Kier alpha value is -0.430. The van der Waals surface area contributed by atoms with Crippen LogP contribution in [0.15, 0.2) is 15.9 Å². The third kappa shape index (κ3) is 2.82. The molecule has 1 saturated heterocycles. The Labute approximate surface area is 106 Å². The van der Waals surface area contributed by atoms with Crippen LogP contribution < -0.4 is 5.73 Å². The zero-order valence-electron chi connectivity index (χ0n) is 8.69. The summed E-state index contributed by atoms with van der Waals surface area (Å²) >= 11 is 5.04. The van der Waals surface area contributed by atoms with Gasteiger partial charge in [0.05, 0.1) is 12.6 Å². The van der Waals surface area contributed by atoms with E-state index in [9.17, 15) is 4.79 Å². The van der Waals surface area contributed by atoms with Gasteiger partial charge < -0.3 is 15.4 Å². The van der Waals surface area contributed by atoms with Gasteiger partial charge in [0.2, 0.25) is 5.91 Å². The van der Waals surface area contributed by atoms with Crippen molar-refractivity contribution in [3.8, 4) is 0 Å². The average Bonchev–Trinajstić information content (AvgIpc) is 2.67. The van der Waals surface area contributed by atoms with E-state index in [2.05, 4.69) is 15.9 Å². The van der Waals surface area contributed by atoms with Crippen LogP contribution in [0.4, 0.5) is 0 Å². The number of carbonyl (C=O) groups excluding carboxylic acids is 1.